The zero-order valence-corrected chi connectivity index (χ0v) is 13.9. The van der Waals surface area contributed by atoms with E-state index in [-0.39, 0.29) is 17.8 Å². The van der Waals surface area contributed by atoms with E-state index < -0.39 is 5.41 Å². The summed E-state index contributed by atoms with van der Waals surface area (Å²) in [4.78, 5) is 13.0. The molecule has 0 aliphatic heterocycles. The Morgan fingerprint density at radius 3 is 2.64 bits per heavy atom. The summed E-state index contributed by atoms with van der Waals surface area (Å²) in [7, 11) is 0. The number of halogens is 1. The number of pyridine rings is 1. The van der Waals surface area contributed by atoms with Crippen LogP contribution in [0.5, 0.6) is 0 Å². The zero-order chi connectivity index (χ0) is 17.4. The van der Waals surface area contributed by atoms with Gasteiger partial charge in [0.25, 0.3) is 0 Å². The molecular weight excluding hydrogens is 319 g/mol. The molecule has 128 valence electrons. The van der Waals surface area contributed by atoms with Crippen LogP contribution in [0, 0.1) is 5.82 Å². The Kier molecular flexibility index (Phi) is 3.75. The second-order valence-electron chi connectivity index (χ2n) is 6.62. The summed E-state index contributed by atoms with van der Waals surface area (Å²) in [6.07, 6.45) is 4.43. The van der Waals surface area contributed by atoms with Gasteiger partial charge >= 0.3 is 0 Å². The molecule has 1 atom stereocenters. The van der Waals surface area contributed by atoms with Gasteiger partial charge in [-0.2, -0.15) is 0 Å². The summed E-state index contributed by atoms with van der Waals surface area (Å²) in [6, 6.07) is 11.7. The van der Waals surface area contributed by atoms with Gasteiger partial charge in [-0.25, -0.2) is 4.39 Å². The molecule has 0 bridgehead atoms. The highest BCUT2D eigenvalue weighted by molar-refractivity contribution is 5.89. The summed E-state index contributed by atoms with van der Waals surface area (Å²) in [6.45, 7) is 1.90. The molecule has 0 radical (unpaired) electrons. The molecule has 5 nitrogen and oxygen atoms in total. The first-order valence-electron chi connectivity index (χ1n) is 8.47. The van der Waals surface area contributed by atoms with Crippen molar-refractivity contribution in [3.05, 3.63) is 65.9 Å². The molecule has 6 heteroatoms. The highest BCUT2D eigenvalue weighted by Gasteiger charge is 2.46. The van der Waals surface area contributed by atoms with Gasteiger partial charge in [-0.1, -0.05) is 24.6 Å². The molecule has 0 spiro atoms. The maximum atomic E-state index is 13.2. The van der Waals surface area contributed by atoms with E-state index in [0.29, 0.717) is 5.82 Å². The molecule has 2 heterocycles. The van der Waals surface area contributed by atoms with Crippen molar-refractivity contribution in [1.82, 2.24) is 19.9 Å². The first-order valence-corrected chi connectivity index (χ1v) is 8.47. The van der Waals surface area contributed by atoms with Crippen molar-refractivity contribution in [3.8, 4) is 0 Å². The van der Waals surface area contributed by atoms with Gasteiger partial charge in [0.05, 0.1) is 11.5 Å². The van der Waals surface area contributed by atoms with Gasteiger partial charge < -0.3 is 5.32 Å². The number of carbonyl (C=O) groups excluding carboxylic acids is 1. The SMILES string of the molecule is CC(NC(=O)C1(c2ccc(F)cc2)CCC1)c1nnc2ccccn12. The van der Waals surface area contributed by atoms with Crippen molar-refractivity contribution in [2.45, 2.75) is 37.6 Å². The summed E-state index contributed by atoms with van der Waals surface area (Å²) in [5, 5.41) is 11.4. The number of nitrogens with one attached hydrogen (secondary N) is 1. The van der Waals surface area contributed by atoms with E-state index in [9.17, 15) is 9.18 Å². The molecule has 1 aromatic carbocycles. The van der Waals surface area contributed by atoms with Crippen molar-refractivity contribution in [3.63, 3.8) is 0 Å². The third-order valence-electron chi connectivity index (χ3n) is 5.11. The number of nitrogens with zero attached hydrogens (tertiary/aromatic N) is 3. The molecule has 4 rings (SSSR count). The molecule has 1 saturated carbocycles. The lowest BCUT2D eigenvalue weighted by Crippen LogP contribution is -2.50. The minimum Gasteiger partial charge on any atom is -0.346 e. The van der Waals surface area contributed by atoms with Crippen LogP contribution in [0.15, 0.2) is 48.7 Å². The Morgan fingerprint density at radius 1 is 1.20 bits per heavy atom. The smallest absolute Gasteiger partial charge is 0.231 e. The second-order valence-corrected chi connectivity index (χ2v) is 6.62. The second kappa shape index (κ2) is 5.95. The van der Waals surface area contributed by atoms with Gasteiger partial charge in [-0.05, 0) is 49.6 Å². The Bertz CT molecular complexity index is 915. The summed E-state index contributed by atoms with van der Waals surface area (Å²) < 4.78 is 15.1. The molecule has 1 N–H and O–H groups in total. The van der Waals surface area contributed by atoms with E-state index in [2.05, 4.69) is 15.5 Å². The molecule has 1 aliphatic rings. The van der Waals surface area contributed by atoms with Gasteiger partial charge in [0.1, 0.15) is 5.82 Å². The predicted molar refractivity (Wildman–Crippen MR) is 91.5 cm³/mol. The number of aromatic nitrogens is 3. The van der Waals surface area contributed by atoms with Crippen LogP contribution in [0.25, 0.3) is 5.65 Å². The number of amides is 1. The fourth-order valence-electron chi connectivity index (χ4n) is 3.50. The largest absolute Gasteiger partial charge is 0.346 e. The highest BCUT2D eigenvalue weighted by Crippen LogP contribution is 2.44. The minimum atomic E-state index is -0.567. The van der Waals surface area contributed by atoms with Crippen molar-refractivity contribution in [2.24, 2.45) is 0 Å². The van der Waals surface area contributed by atoms with E-state index in [0.717, 1.165) is 30.5 Å². The highest BCUT2D eigenvalue weighted by atomic mass is 19.1. The average Bonchev–Trinajstić information content (AvgIpc) is 2.99. The maximum absolute atomic E-state index is 13.2. The molecule has 1 amide bonds. The van der Waals surface area contributed by atoms with Crippen LogP contribution in [0.3, 0.4) is 0 Å². The van der Waals surface area contributed by atoms with Crippen LogP contribution < -0.4 is 5.32 Å². The van der Waals surface area contributed by atoms with Crippen LogP contribution in [0.1, 0.15) is 43.6 Å². The molecule has 1 aliphatic carbocycles. The van der Waals surface area contributed by atoms with E-state index in [4.69, 9.17) is 0 Å². The summed E-state index contributed by atoms with van der Waals surface area (Å²) >= 11 is 0. The van der Waals surface area contributed by atoms with E-state index in [1.165, 1.54) is 12.1 Å². The fourth-order valence-corrected chi connectivity index (χ4v) is 3.50. The Morgan fingerprint density at radius 2 is 1.96 bits per heavy atom. The topological polar surface area (TPSA) is 59.3 Å². The molecule has 1 unspecified atom stereocenters. The molecule has 3 aromatic rings. The first kappa shape index (κ1) is 15.7. The van der Waals surface area contributed by atoms with Crippen molar-refractivity contribution in [1.29, 1.82) is 0 Å². The molecule has 25 heavy (non-hydrogen) atoms. The van der Waals surface area contributed by atoms with Crippen LogP contribution in [0.2, 0.25) is 0 Å². The first-order chi connectivity index (χ1) is 12.1. The van der Waals surface area contributed by atoms with Crippen molar-refractivity contribution in [2.75, 3.05) is 0 Å². The summed E-state index contributed by atoms with van der Waals surface area (Å²) in [5.41, 5.74) is 1.05. The third kappa shape index (κ3) is 2.58. The molecule has 1 fully saturated rings. The Balaban J connectivity index is 1.59. The van der Waals surface area contributed by atoms with Gasteiger partial charge in [0.15, 0.2) is 11.5 Å². The van der Waals surface area contributed by atoms with Crippen LogP contribution in [-0.2, 0) is 10.2 Å². The normalized spacial score (nSPS) is 17.0. The minimum absolute atomic E-state index is 0.0365. The van der Waals surface area contributed by atoms with E-state index in [1.807, 2.05) is 35.7 Å². The van der Waals surface area contributed by atoms with E-state index >= 15 is 0 Å². The number of hydrogen-bond donors (Lipinski definition) is 1. The molecular formula is C19H19FN4O. The fraction of sp³-hybridized carbons (Fsp3) is 0.316. The van der Waals surface area contributed by atoms with Crippen LogP contribution >= 0.6 is 0 Å². The van der Waals surface area contributed by atoms with Crippen LogP contribution in [-0.4, -0.2) is 20.5 Å². The Hall–Kier alpha value is -2.76. The van der Waals surface area contributed by atoms with Gasteiger partial charge in [0, 0.05) is 6.20 Å². The monoisotopic (exact) mass is 338 g/mol. The summed E-state index contributed by atoms with van der Waals surface area (Å²) in [5.74, 6) is 0.366. The zero-order valence-electron chi connectivity index (χ0n) is 13.9. The van der Waals surface area contributed by atoms with Crippen molar-refractivity contribution >= 4 is 11.6 Å². The Labute approximate surface area is 144 Å². The maximum Gasteiger partial charge on any atom is 0.231 e. The number of rotatable bonds is 4. The van der Waals surface area contributed by atoms with Crippen LogP contribution in [0.4, 0.5) is 4.39 Å². The lowest BCUT2D eigenvalue weighted by molar-refractivity contribution is -0.130. The standard InChI is InChI=1S/C19H19FN4O/c1-13(17-23-22-16-5-2-3-12-24(16)17)21-18(25)19(10-4-11-19)14-6-8-15(20)9-7-14/h2-3,5-9,12-13H,4,10-11H2,1H3,(H,21,25). The molecule has 0 saturated heterocycles. The lowest BCUT2D eigenvalue weighted by Gasteiger charge is -2.41. The number of benzene rings is 1. The average molecular weight is 338 g/mol. The van der Waals surface area contributed by atoms with E-state index in [1.54, 1.807) is 12.1 Å². The van der Waals surface area contributed by atoms with Gasteiger partial charge in [-0.3, -0.25) is 9.20 Å². The number of hydrogen-bond acceptors (Lipinski definition) is 3. The predicted octanol–water partition coefficient (Wildman–Crippen LogP) is 3.17. The quantitative estimate of drug-likeness (QED) is 0.795. The van der Waals surface area contributed by atoms with Gasteiger partial charge in [-0.15, -0.1) is 10.2 Å². The van der Waals surface area contributed by atoms with Crippen molar-refractivity contribution < 1.29 is 9.18 Å². The number of carbonyl (C=O) groups is 1. The third-order valence-corrected chi connectivity index (χ3v) is 5.11. The van der Waals surface area contributed by atoms with Gasteiger partial charge in [0.2, 0.25) is 5.91 Å². The molecule has 2 aromatic heterocycles. The number of fused-ring (bicyclic) bond motifs is 1. The lowest BCUT2D eigenvalue weighted by atomic mass is 9.63.